The van der Waals surface area contributed by atoms with Crippen LogP contribution in [0.5, 0.6) is 0 Å². The van der Waals surface area contributed by atoms with Gasteiger partial charge in [0.25, 0.3) is 5.91 Å². The van der Waals surface area contributed by atoms with Crippen LogP contribution in [-0.4, -0.2) is 80.3 Å². The molecule has 1 aromatic carbocycles. The van der Waals surface area contributed by atoms with Crippen LogP contribution in [0.2, 0.25) is 0 Å². The van der Waals surface area contributed by atoms with Gasteiger partial charge in [0.2, 0.25) is 0 Å². The predicted octanol–water partition coefficient (Wildman–Crippen LogP) is 1.15. The number of carbonyl (C=O) groups excluding carboxylic acids is 2. The second-order valence-corrected chi connectivity index (χ2v) is 7.16. The predicted molar refractivity (Wildman–Crippen MR) is 98.5 cm³/mol. The van der Waals surface area contributed by atoms with Gasteiger partial charge in [0.05, 0.1) is 6.10 Å². The van der Waals surface area contributed by atoms with E-state index in [1.54, 1.807) is 4.90 Å². The molecule has 1 atom stereocenters. The molecular formula is C19H26N4O3. The van der Waals surface area contributed by atoms with Gasteiger partial charge in [0.1, 0.15) is 0 Å². The molecule has 0 aromatic heterocycles. The largest absolute Gasteiger partial charge is 0.377 e. The summed E-state index contributed by atoms with van der Waals surface area (Å²) >= 11 is 0. The highest BCUT2D eigenvalue weighted by Gasteiger charge is 2.26. The van der Waals surface area contributed by atoms with Crippen LogP contribution in [0, 0.1) is 0 Å². The summed E-state index contributed by atoms with van der Waals surface area (Å²) in [5.41, 5.74) is 1.51. The quantitative estimate of drug-likeness (QED) is 0.877. The minimum absolute atomic E-state index is 0.0687. The summed E-state index contributed by atoms with van der Waals surface area (Å²) < 4.78 is 5.71. The van der Waals surface area contributed by atoms with Crippen LogP contribution in [0.3, 0.4) is 0 Å². The Hall–Kier alpha value is -2.12. The molecule has 3 heterocycles. The molecule has 0 spiro atoms. The molecular weight excluding hydrogens is 332 g/mol. The first-order valence-electron chi connectivity index (χ1n) is 9.49. The van der Waals surface area contributed by atoms with Gasteiger partial charge in [-0.25, -0.2) is 4.79 Å². The van der Waals surface area contributed by atoms with E-state index in [1.807, 2.05) is 29.2 Å². The minimum Gasteiger partial charge on any atom is -0.377 e. The van der Waals surface area contributed by atoms with E-state index in [1.165, 1.54) is 0 Å². The number of amides is 3. The fourth-order valence-electron chi connectivity index (χ4n) is 3.89. The fraction of sp³-hybridized carbons (Fsp3) is 0.579. The zero-order chi connectivity index (χ0) is 17.9. The molecule has 7 heteroatoms. The Labute approximate surface area is 153 Å². The maximum atomic E-state index is 12.7. The van der Waals surface area contributed by atoms with Crippen LogP contribution in [0.1, 0.15) is 23.2 Å². The molecule has 0 aliphatic carbocycles. The molecule has 26 heavy (non-hydrogen) atoms. The lowest BCUT2D eigenvalue weighted by Gasteiger charge is -2.35. The third-order valence-corrected chi connectivity index (χ3v) is 5.43. The molecule has 1 aromatic rings. The molecule has 140 valence electrons. The zero-order valence-corrected chi connectivity index (χ0v) is 15.0. The normalized spacial score (nSPS) is 24.2. The van der Waals surface area contributed by atoms with Crippen molar-refractivity contribution in [1.29, 1.82) is 0 Å². The number of urea groups is 1. The number of carbonyl (C=O) groups is 2. The Morgan fingerprint density at radius 2 is 1.88 bits per heavy atom. The number of nitrogens with one attached hydrogen (secondary N) is 1. The van der Waals surface area contributed by atoms with E-state index in [-0.39, 0.29) is 11.9 Å². The summed E-state index contributed by atoms with van der Waals surface area (Å²) in [5, 5.41) is 2.79. The van der Waals surface area contributed by atoms with Gasteiger partial charge < -0.3 is 15.0 Å². The molecule has 3 aliphatic rings. The first-order valence-corrected chi connectivity index (χ1v) is 9.49. The van der Waals surface area contributed by atoms with Gasteiger partial charge in [0, 0.05) is 63.7 Å². The lowest BCUT2D eigenvalue weighted by atomic mass is 10.1. The Balaban J connectivity index is 1.31. The maximum absolute atomic E-state index is 12.7. The van der Waals surface area contributed by atoms with Crippen molar-refractivity contribution in [3.8, 4) is 0 Å². The number of piperazine rings is 1. The summed E-state index contributed by atoms with van der Waals surface area (Å²) in [6.45, 7) is 6.50. The van der Waals surface area contributed by atoms with E-state index in [4.69, 9.17) is 4.74 Å². The summed E-state index contributed by atoms with van der Waals surface area (Å²) in [4.78, 5) is 30.5. The van der Waals surface area contributed by atoms with Crippen molar-refractivity contribution in [2.45, 2.75) is 18.9 Å². The standard InChI is InChI=1S/C19H26N4O3/c24-18(15-3-5-16(6-4-15)23-8-7-20-19(23)25)22-11-9-21(10-12-22)14-17-2-1-13-26-17/h3-6,17H,1-2,7-14H2,(H,20,25). The van der Waals surface area contributed by atoms with Crippen molar-refractivity contribution in [3.63, 3.8) is 0 Å². The highest BCUT2D eigenvalue weighted by atomic mass is 16.5. The van der Waals surface area contributed by atoms with Crippen LogP contribution in [-0.2, 0) is 4.74 Å². The van der Waals surface area contributed by atoms with E-state index >= 15 is 0 Å². The molecule has 3 fully saturated rings. The Morgan fingerprint density at radius 3 is 2.50 bits per heavy atom. The highest BCUT2D eigenvalue weighted by molar-refractivity contribution is 5.97. The summed E-state index contributed by atoms with van der Waals surface area (Å²) in [6.07, 6.45) is 2.69. The van der Waals surface area contributed by atoms with Gasteiger partial charge in [-0.3, -0.25) is 14.6 Å². The highest BCUT2D eigenvalue weighted by Crippen LogP contribution is 2.19. The van der Waals surface area contributed by atoms with E-state index in [9.17, 15) is 9.59 Å². The molecule has 0 radical (unpaired) electrons. The number of benzene rings is 1. The number of ether oxygens (including phenoxy) is 1. The summed E-state index contributed by atoms with van der Waals surface area (Å²) in [7, 11) is 0. The second kappa shape index (κ2) is 7.63. The molecule has 3 aliphatic heterocycles. The van der Waals surface area contributed by atoms with Crippen molar-refractivity contribution in [1.82, 2.24) is 15.1 Å². The van der Waals surface area contributed by atoms with E-state index in [0.717, 1.165) is 57.9 Å². The van der Waals surface area contributed by atoms with Crippen LogP contribution in [0.4, 0.5) is 10.5 Å². The number of anilines is 1. The number of nitrogens with zero attached hydrogens (tertiary/aromatic N) is 3. The Bertz CT molecular complexity index is 649. The monoisotopic (exact) mass is 358 g/mol. The zero-order valence-electron chi connectivity index (χ0n) is 15.0. The Kier molecular flexibility index (Phi) is 5.08. The first-order chi connectivity index (χ1) is 12.7. The van der Waals surface area contributed by atoms with Crippen molar-refractivity contribution in [3.05, 3.63) is 29.8 Å². The van der Waals surface area contributed by atoms with Gasteiger partial charge in [-0.2, -0.15) is 0 Å². The van der Waals surface area contributed by atoms with E-state index in [0.29, 0.717) is 24.8 Å². The van der Waals surface area contributed by atoms with Gasteiger partial charge in [-0.1, -0.05) is 0 Å². The van der Waals surface area contributed by atoms with E-state index in [2.05, 4.69) is 10.2 Å². The molecule has 3 amide bonds. The summed E-state index contributed by atoms with van der Waals surface area (Å²) in [5.74, 6) is 0.0687. The van der Waals surface area contributed by atoms with Crippen molar-refractivity contribution < 1.29 is 14.3 Å². The third kappa shape index (κ3) is 3.68. The van der Waals surface area contributed by atoms with Crippen LogP contribution < -0.4 is 10.2 Å². The van der Waals surface area contributed by atoms with Crippen LogP contribution >= 0.6 is 0 Å². The Morgan fingerprint density at radius 1 is 1.12 bits per heavy atom. The molecule has 1 N–H and O–H groups in total. The molecule has 0 saturated carbocycles. The topological polar surface area (TPSA) is 65.1 Å². The van der Waals surface area contributed by atoms with Crippen LogP contribution in [0.25, 0.3) is 0 Å². The average molecular weight is 358 g/mol. The number of hydrogen-bond donors (Lipinski definition) is 1. The third-order valence-electron chi connectivity index (χ3n) is 5.43. The smallest absolute Gasteiger partial charge is 0.321 e. The van der Waals surface area contributed by atoms with E-state index < -0.39 is 0 Å². The maximum Gasteiger partial charge on any atom is 0.321 e. The molecule has 7 nitrogen and oxygen atoms in total. The van der Waals surface area contributed by atoms with Gasteiger partial charge in [0.15, 0.2) is 0 Å². The van der Waals surface area contributed by atoms with Crippen molar-refractivity contribution >= 4 is 17.6 Å². The van der Waals surface area contributed by atoms with Gasteiger partial charge in [-0.05, 0) is 37.1 Å². The number of rotatable bonds is 4. The SMILES string of the molecule is O=C(c1ccc(N2CCNC2=O)cc1)N1CCN(CC2CCCO2)CC1. The lowest BCUT2D eigenvalue weighted by molar-refractivity contribution is 0.0433. The minimum atomic E-state index is -0.0774. The molecule has 3 saturated heterocycles. The van der Waals surface area contributed by atoms with Crippen LogP contribution in [0.15, 0.2) is 24.3 Å². The van der Waals surface area contributed by atoms with Gasteiger partial charge in [-0.15, -0.1) is 0 Å². The van der Waals surface area contributed by atoms with Crippen molar-refractivity contribution in [2.24, 2.45) is 0 Å². The molecule has 1 unspecified atom stereocenters. The summed E-state index contributed by atoms with van der Waals surface area (Å²) in [6, 6.07) is 7.27. The molecule has 0 bridgehead atoms. The fourth-order valence-corrected chi connectivity index (χ4v) is 3.89. The number of hydrogen-bond acceptors (Lipinski definition) is 4. The average Bonchev–Trinajstić information content (AvgIpc) is 3.34. The lowest BCUT2D eigenvalue weighted by Crippen LogP contribution is -2.50. The van der Waals surface area contributed by atoms with Crippen molar-refractivity contribution in [2.75, 3.05) is 57.3 Å². The second-order valence-electron chi connectivity index (χ2n) is 7.16. The first kappa shape index (κ1) is 17.3. The van der Waals surface area contributed by atoms with Gasteiger partial charge >= 0.3 is 6.03 Å². The molecule has 4 rings (SSSR count).